The first-order valence-corrected chi connectivity index (χ1v) is 43.4. The van der Waals surface area contributed by atoms with Gasteiger partial charge in [-0.1, -0.05) is 350 Å². The van der Waals surface area contributed by atoms with Crippen molar-refractivity contribution in [3.63, 3.8) is 0 Å². The number of carbonyl (C=O) groups excluding carboxylic acids is 4. The third-order valence-electron chi connectivity index (χ3n) is 18.9. The Morgan fingerprint density at radius 3 is 0.784 bits per heavy atom. The third kappa shape index (κ3) is 69.5. The lowest BCUT2D eigenvalue weighted by Crippen LogP contribution is -2.30. The number of hydrogen-bond donors (Lipinski definition) is 3. The summed E-state index contributed by atoms with van der Waals surface area (Å²) in [6.45, 7) is 11.9. The molecule has 0 amide bonds. The smallest absolute Gasteiger partial charge is 0.462 e. The van der Waals surface area contributed by atoms with Crippen molar-refractivity contribution in [2.24, 2.45) is 17.8 Å². The quantitative estimate of drug-likeness (QED) is 0.0222. The van der Waals surface area contributed by atoms with Crippen LogP contribution in [0.2, 0.25) is 0 Å². The molecule has 0 radical (unpaired) electrons. The van der Waals surface area contributed by atoms with Crippen molar-refractivity contribution in [3.05, 3.63) is 0 Å². The van der Waals surface area contributed by atoms with Crippen molar-refractivity contribution in [2.75, 3.05) is 39.6 Å². The molecule has 7 atom stereocenters. The fourth-order valence-electron chi connectivity index (χ4n) is 11.9. The van der Waals surface area contributed by atoms with Gasteiger partial charge in [-0.15, -0.1) is 0 Å². The number of aliphatic hydroxyl groups is 1. The van der Waals surface area contributed by atoms with Gasteiger partial charge in [0.1, 0.15) is 19.3 Å². The number of unbranched alkanes of at least 4 members (excludes halogenated alkanes) is 42. The molecule has 0 aliphatic heterocycles. The minimum absolute atomic E-state index is 0.104. The summed E-state index contributed by atoms with van der Waals surface area (Å²) < 4.78 is 68.6. The molecule has 0 bridgehead atoms. The second-order valence-corrected chi connectivity index (χ2v) is 32.0. The van der Waals surface area contributed by atoms with Crippen LogP contribution >= 0.6 is 15.6 Å². The van der Waals surface area contributed by atoms with E-state index in [2.05, 4.69) is 48.5 Å². The van der Waals surface area contributed by atoms with Crippen LogP contribution in [0.15, 0.2) is 0 Å². The molecule has 0 aromatic carbocycles. The first-order valence-electron chi connectivity index (χ1n) is 40.4. The molecule has 0 saturated carbocycles. The van der Waals surface area contributed by atoms with E-state index in [1.54, 1.807) is 0 Å². The zero-order chi connectivity index (χ0) is 71.6. The second-order valence-electron chi connectivity index (χ2n) is 29.1. The van der Waals surface area contributed by atoms with E-state index in [-0.39, 0.29) is 25.7 Å². The molecular weight excluding hydrogens is 1270 g/mol. The maximum absolute atomic E-state index is 13.1. The fraction of sp³-hybridized carbons (Fsp3) is 0.949. The van der Waals surface area contributed by atoms with Gasteiger partial charge >= 0.3 is 39.5 Å². The number of ether oxygens (including phenoxy) is 4. The summed E-state index contributed by atoms with van der Waals surface area (Å²) in [4.78, 5) is 72.9. The largest absolute Gasteiger partial charge is 0.472 e. The molecule has 0 fully saturated rings. The van der Waals surface area contributed by atoms with Crippen LogP contribution < -0.4 is 0 Å². The Morgan fingerprint density at radius 1 is 0.299 bits per heavy atom. The highest BCUT2D eigenvalue weighted by Crippen LogP contribution is 2.45. The molecule has 4 unspecified atom stereocenters. The Hall–Kier alpha value is -1.94. The molecule has 19 heteroatoms. The lowest BCUT2D eigenvalue weighted by atomic mass is 9.99. The summed E-state index contributed by atoms with van der Waals surface area (Å²) >= 11 is 0. The van der Waals surface area contributed by atoms with Gasteiger partial charge in [0, 0.05) is 25.7 Å². The molecule has 0 spiro atoms. The molecule has 0 saturated heterocycles. The predicted molar refractivity (Wildman–Crippen MR) is 395 cm³/mol. The molecule has 0 aromatic heterocycles. The van der Waals surface area contributed by atoms with E-state index < -0.39 is 97.5 Å². The van der Waals surface area contributed by atoms with Crippen LogP contribution in [0.1, 0.15) is 402 Å². The molecule has 576 valence electrons. The number of esters is 4. The van der Waals surface area contributed by atoms with E-state index in [0.29, 0.717) is 31.6 Å². The SMILES string of the molecule is CCCCCCCCCCCCCCCCCCCCCCCC(=O)O[C@H](COC(=O)CCCCCCCCCCCCC(C)CC)COP(=O)(O)OC[C@@H](O)COP(=O)(O)OC[C@@H](COC(=O)CCCCCCCCCC(C)C)OC(=O)CCCCCCCCCCC(C)CC. The highest BCUT2D eigenvalue weighted by atomic mass is 31.2. The summed E-state index contributed by atoms with van der Waals surface area (Å²) in [6, 6.07) is 0. The zero-order valence-electron chi connectivity index (χ0n) is 63.5. The summed E-state index contributed by atoms with van der Waals surface area (Å²) in [6.07, 6.45) is 55.6. The fourth-order valence-corrected chi connectivity index (χ4v) is 13.5. The molecule has 0 aliphatic rings. The van der Waals surface area contributed by atoms with Gasteiger partial charge in [0.25, 0.3) is 0 Å². The van der Waals surface area contributed by atoms with Crippen LogP contribution in [0.25, 0.3) is 0 Å². The molecule has 0 rings (SSSR count). The molecular formula is C78H152O17P2. The van der Waals surface area contributed by atoms with Crippen molar-refractivity contribution in [2.45, 2.75) is 420 Å². The van der Waals surface area contributed by atoms with Crippen molar-refractivity contribution in [3.8, 4) is 0 Å². The predicted octanol–water partition coefficient (Wildman–Crippen LogP) is 23.0. The van der Waals surface area contributed by atoms with Gasteiger partial charge in [0.05, 0.1) is 26.4 Å². The number of phosphoric acid groups is 2. The maximum atomic E-state index is 13.1. The number of rotatable bonds is 76. The highest BCUT2D eigenvalue weighted by Gasteiger charge is 2.30. The topological polar surface area (TPSA) is 237 Å². The molecule has 0 heterocycles. The van der Waals surface area contributed by atoms with Gasteiger partial charge < -0.3 is 33.8 Å². The summed E-state index contributed by atoms with van der Waals surface area (Å²) in [5, 5.41) is 10.6. The van der Waals surface area contributed by atoms with Gasteiger partial charge in [-0.3, -0.25) is 37.3 Å². The monoisotopic (exact) mass is 1420 g/mol. The second kappa shape index (κ2) is 68.5. The van der Waals surface area contributed by atoms with E-state index in [9.17, 15) is 43.2 Å². The van der Waals surface area contributed by atoms with Crippen molar-refractivity contribution in [1.29, 1.82) is 0 Å². The normalized spacial score (nSPS) is 14.6. The van der Waals surface area contributed by atoms with Crippen molar-refractivity contribution < 1.29 is 80.2 Å². The Bertz CT molecular complexity index is 1890. The summed E-state index contributed by atoms with van der Waals surface area (Å²) in [5.74, 6) is 0.165. The first kappa shape index (κ1) is 95.1. The van der Waals surface area contributed by atoms with Gasteiger partial charge in [-0.2, -0.15) is 0 Å². The average Bonchev–Trinajstić information content (AvgIpc) is 1.26. The lowest BCUT2D eigenvalue weighted by molar-refractivity contribution is -0.161. The Kier molecular flexibility index (Phi) is 67.1. The third-order valence-corrected chi connectivity index (χ3v) is 20.8. The van der Waals surface area contributed by atoms with Crippen LogP contribution in [0.5, 0.6) is 0 Å². The standard InChI is InChI=1S/C78H152O17P2/c1-8-11-12-13-14-15-16-17-18-19-20-21-22-23-24-25-26-31-39-47-54-61-77(82)94-73(65-88-75(80)59-52-45-38-30-28-27-29-36-43-50-57-70(6)9-2)67-92-96(84,85)90-63-72(79)64-91-97(86,87)93-68-74(66-89-76(81)60-53-46-41-34-35-42-49-56-69(4)5)95-78(83)62-55-48-40-33-32-37-44-51-58-71(7)10-3/h69-74,79H,8-68H2,1-7H3,(H,84,85)(H,86,87)/t70?,71?,72-,73-,74-/m1/s1. The number of carbonyl (C=O) groups is 4. The van der Waals surface area contributed by atoms with Gasteiger partial charge in [0.15, 0.2) is 12.2 Å². The van der Waals surface area contributed by atoms with Crippen LogP contribution in [0.3, 0.4) is 0 Å². The Balaban J connectivity index is 5.22. The Morgan fingerprint density at radius 2 is 0.526 bits per heavy atom. The molecule has 0 aromatic rings. The van der Waals surface area contributed by atoms with E-state index in [4.69, 9.17) is 37.0 Å². The molecule has 3 N–H and O–H groups in total. The Labute approximate surface area is 594 Å². The van der Waals surface area contributed by atoms with E-state index >= 15 is 0 Å². The zero-order valence-corrected chi connectivity index (χ0v) is 65.3. The highest BCUT2D eigenvalue weighted by molar-refractivity contribution is 7.47. The van der Waals surface area contributed by atoms with Crippen molar-refractivity contribution >= 4 is 39.5 Å². The van der Waals surface area contributed by atoms with Crippen molar-refractivity contribution in [1.82, 2.24) is 0 Å². The van der Waals surface area contributed by atoms with E-state index in [1.165, 1.54) is 205 Å². The van der Waals surface area contributed by atoms with E-state index in [0.717, 1.165) is 108 Å². The number of aliphatic hydroxyl groups excluding tert-OH is 1. The maximum Gasteiger partial charge on any atom is 0.472 e. The number of hydrogen-bond acceptors (Lipinski definition) is 15. The molecule has 17 nitrogen and oxygen atoms in total. The van der Waals surface area contributed by atoms with Crippen LogP contribution in [0.4, 0.5) is 0 Å². The lowest BCUT2D eigenvalue weighted by Gasteiger charge is -2.21. The molecule has 0 aliphatic carbocycles. The van der Waals surface area contributed by atoms with Gasteiger partial charge in [-0.25, -0.2) is 9.13 Å². The van der Waals surface area contributed by atoms with Gasteiger partial charge in [0.2, 0.25) is 0 Å². The minimum atomic E-state index is -4.96. The minimum Gasteiger partial charge on any atom is -0.462 e. The van der Waals surface area contributed by atoms with Gasteiger partial charge in [-0.05, 0) is 43.4 Å². The first-order chi connectivity index (χ1) is 46.8. The number of phosphoric ester groups is 2. The molecule has 97 heavy (non-hydrogen) atoms. The van der Waals surface area contributed by atoms with Crippen LogP contribution in [-0.2, 0) is 65.4 Å². The van der Waals surface area contributed by atoms with Crippen LogP contribution in [-0.4, -0.2) is 96.7 Å². The van der Waals surface area contributed by atoms with Crippen LogP contribution in [0, 0.1) is 17.8 Å². The summed E-state index contributed by atoms with van der Waals surface area (Å²) in [7, 11) is -9.91. The average molecular weight is 1420 g/mol. The van der Waals surface area contributed by atoms with E-state index in [1.807, 2.05) is 0 Å². The summed E-state index contributed by atoms with van der Waals surface area (Å²) in [5.41, 5.74) is 0.